The second-order valence-corrected chi connectivity index (χ2v) is 7.59. The van der Waals surface area contributed by atoms with Crippen LogP contribution < -0.4 is 15.5 Å². The van der Waals surface area contributed by atoms with Crippen LogP contribution in [0, 0.1) is 12.7 Å². The van der Waals surface area contributed by atoms with E-state index in [0.29, 0.717) is 5.69 Å². The van der Waals surface area contributed by atoms with Crippen molar-refractivity contribution in [2.45, 2.75) is 26.8 Å². The summed E-state index contributed by atoms with van der Waals surface area (Å²) >= 11 is 0. The third kappa shape index (κ3) is 5.46. The summed E-state index contributed by atoms with van der Waals surface area (Å²) in [6.07, 6.45) is 0. The standard InChI is InChI=1S/C25H29FN4O3/c1-5-29(6-2)22(18-10-9-11-19(15-18)33-4)16-27-25(32)24-23(31)14-17(3)30(28-24)21-13-8-7-12-20(21)26/h7-15,22H,5-6,16H2,1-4H3,(H,27,32). The maximum absolute atomic E-state index is 14.3. The summed E-state index contributed by atoms with van der Waals surface area (Å²) < 4.78 is 20.9. The van der Waals surface area contributed by atoms with Crippen LogP contribution in [0.15, 0.2) is 59.4 Å². The molecule has 2 aromatic carbocycles. The predicted molar refractivity (Wildman–Crippen MR) is 126 cm³/mol. The Labute approximate surface area is 192 Å². The molecule has 1 N–H and O–H groups in total. The summed E-state index contributed by atoms with van der Waals surface area (Å²) in [5.74, 6) is -0.378. The lowest BCUT2D eigenvalue weighted by Crippen LogP contribution is -2.40. The van der Waals surface area contributed by atoms with Gasteiger partial charge in [-0.3, -0.25) is 14.5 Å². The Morgan fingerprint density at radius 2 is 1.88 bits per heavy atom. The van der Waals surface area contributed by atoms with Crippen LogP contribution in [0.4, 0.5) is 4.39 Å². The highest BCUT2D eigenvalue weighted by Crippen LogP contribution is 2.24. The molecule has 174 valence electrons. The van der Waals surface area contributed by atoms with Crippen molar-refractivity contribution < 1.29 is 13.9 Å². The molecule has 0 bridgehead atoms. The van der Waals surface area contributed by atoms with Crippen LogP contribution in [-0.4, -0.2) is 47.3 Å². The van der Waals surface area contributed by atoms with E-state index in [4.69, 9.17) is 4.74 Å². The van der Waals surface area contributed by atoms with Crippen molar-refractivity contribution in [3.05, 3.63) is 87.6 Å². The highest BCUT2D eigenvalue weighted by Gasteiger charge is 2.22. The quantitative estimate of drug-likeness (QED) is 0.538. The zero-order chi connectivity index (χ0) is 24.0. The van der Waals surface area contributed by atoms with Gasteiger partial charge in [0, 0.05) is 18.3 Å². The van der Waals surface area contributed by atoms with E-state index in [1.165, 1.54) is 16.8 Å². The molecule has 0 spiro atoms. The first-order valence-corrected chi connectivity index (χ1v) is 10.9. The van der Waals surface area contributed by atoms with Crippen LogP contribution in [0.3, 0.4) is 0 Å². The summed E-state index contributed by atoms with van der Waals surface area (Å²) in [5, 5.41) is 7.03. The van der Waals surface area contributed by atoms with Crippen molar-refractivity contribution in [3.8, 4) is 11.4 Å². The van der Waals surface area contributed by atoms with Crippen LogP contribution in [-0.2, 0) is 0 Å². The van der Waals surface area contributed by atoms with Crippen molar-refractivity contribution in [1.82, 2.24) is 20.0 Å². The van der Waals surface area contributed by atoms with E-state index in [1.54, 1.807) is 32.2 Å². The fourth-order valence-electron chi connectivity index (χ4n) is 3.82. The van der Waals surface area contributed by atoms with Crippen LogP contribution >= 0.6 is 0 Å². The summed E-state index contributed by atoms with van der Waals surface area (Å²) in [6.45, 7) is 7.55. The molecule has 1 aromatic heterocycles. The highest BCUT2D eigenvalue weighted by molar-refractivity contribution is 5.92. The van der Waals surface area contributed by atoms with Gasteiger partial charge < -0.3 is 10.1 Å². The number of hydrogen-bond donors (Lipinski definition) is 1. The fraction of sp³-hybridized carbons (Fsp3) is 0.320. The number of carbonyl (C=O) groups is 1. The zero-order valence-electron chi connectivity index (χ0n) is 19.3. The minimum absolute atomic E-state index is 0.127. The first-order valence-electron chi connectivity index (χ1n) is 10.9. The molecule has 0 aliphatic carbocycles. The Kier molecular flexibility index (Phi) is 7.95. The number of nitrogens with zero attached hydrogens (tertiary/aromatic N) is 3. The SMILES string of the molecule is CCN(CC)C(CNC(=O)c1nn(-c2ccccc2F)c(C)cc1=O)c1cccc(OC)c1. The average Bonchev–Trinajstić information content (AvgIpc) is 2.82. The van der Waals surface area contributed by atoms with Gasteiger partial charge in [-0.05, 0) is 49.8 Å². The van der Waals surface area contributed by atoms with Gasteiger partial charge in [0.15, 0.2) is 5.69 Å². The molecule has 1 atom stereocenters. The number of likely N-dealkylation sites (N-methyl/N-ethyl adjacent to an activating group) is 1. The minimum Gasteiger partial charge on any atom is -0.497 e. The number of ether oxygens (including phenoxy) is 1. The van der Waals surface area contributed by atoms with Crippen molar-refractivity contribution in [1.29, 1.82) is 0 Å². The van der Waals surface area contributed by atoms with Gasteiger partial charge in [-0.25, -0.2) is 9.07 Å². The van der Waals surface area contributed by atoms with Gasteiger partial charge >= 0.3 is 0 Å². The van der Waals surface area contributed by atoms with Gasteiger partial charge in [-0.15, -0.1) is 0 Å². The third-order valence-electron chi connectivity index (χ3n) is 5.59. The summed E-state index contributed by atoms with van der Waals surface area (Å²) in [5.41, 5.74) is 0.783. The van der Waals surface area contributed by atoms with E-state index < -0.39 is 17.2 Å². The Bertz CT molecular complexity index is 1170. The van der Waals surface area contributed by atoms with Crippen molar-refractivity contribution in [2.24, 2.45) is 0 Å². The maximum Gasteiger partial charge on any atom is 0.275 e. The molecule has 3 rings (SSSR count). The second kappa shape index (κ2) is 10.9. The first kappa shape index (κ1) is 24.1. The van der Waals surface area contributed by atoms with E-state index in [-0.39, 0.29) is 24.0 Å². The Hall–Kier alpha value is -3.52. The number of rotatable bonds is 9. The number of carbonyl (C=O) groups excluding carboxylic acids is 1. The monoisotopic (exact) mass is 452 g/mol. The Balaban J connectivity index is 1.89. The molecule has 0 fully saturated rings. The second-order valence-electron chi connectivity index (χ2n) is 7.59. The molecule has 7 nitrogen and oxygen atoms in total. The lowest BCUT2D eigenvalue weighted by Gasteiger charge is -2.30. The molecule has 0 saturated carbocycles. The molecular weight excluding hydrogens is 423 g/mol. The number of nitrogens with one attached hydrogen (secondary N) is 1. The minimum atomic E-state index is -0.606. The number of para-hydroxylation sites is 1. The molecule has 0 aliphatic heterocycles. The smallest absolute Gasteiger partial charge is 0.275 e. The van der Waals surface area contributed by atoms with Crippen LogP contribution in [0.2, 0.25) is 0 Å². The van der Waals surface area contributed by atoms with Gasteiger partial charge in [-0.2, -0.15) is 5.10 Å². The number of halogens is 1. The first-order chi connectivity index (χ1) is 15.9. The van der Waals surface area contributed by atoms with Gasteiger partial charge in [0.25, 0.3) is 5.91 Å². The third-order valence-corrected chi connectivity index (χ3v) is 5.59. The van der Waals surface area contributed by atoms with E-state index >= 15 is 0 Å². The number of aryl methyl sites for hydroxylation is 1. The summed E-state index contributed by atoms with van der Waals surface area (Å²) in [4.78, 5) is 27.7. The number of methoxy groups -OCH3 is 1. The van der Waals surface area contributed by atoms with Gasteiger partial charge in [0.2, 0.25) is 5.43 Å². The number of hydrogen-bond acceptors (Lipinski definition) is 5. The molecular formula is C25H29FN4O3. The maximum atomic E-state index is 14.3. The largest absolute Gasteiger partial charge is 0.497 e. The predicted octanol–water partition coefficient (Wildman–Crippen LogP) is 3.50. The molecule has 0 aliphatic rings. The molecule has 1 heterocycles. The number of aromatic nitrogens is 2. The topological polar surface area (TPSA) is 76.5 Å². The molecule has 3 aromatic rings. The molecule has 8 heteroatoms. The summed E-state index contributed by atoms with van der Waals surface area (Å²) in [7, 11) is 1.61. The van der Waals surface area contributed by atoms with E-state index in [2.05, 4.69) is 15.3 Å². The average molecular weight is 453 g/mol. The zero-order valence-corrected chi connectivity index (χ0v) is 19.3. The van der Waals surface area contributed by atoms with Gasteiger partial charge in [-0.1, -0.05) is 38.1 Å². The fourth-order valence-corrected chi connectivity index (χ4v) is 3.82. The Morgan fingerprint density at radius 1 is 1.15 bits per heavy atom. The van der Waals surface area contributed by atoms with Crippen LogP contribution in [0.25, 0.3) is 5.69 Å². The summed E-state index contributed by atoms with van der Waals surface area (Å²) in [6, 6.07) is 14.9. The molecule has 33 heavy (non-hydrogen) atoms. The highest BCUT2D eigenvalue weighted by atomic mass is 19.1. The Morgan fingerprint density at radius 3 is 2.55 bits per heavy atom. The van der Waals surface area contributed by atoms with Gasteiger partial charge in [0.1, 0.15) is 17.3 Å². The van der Waals surface area contributed by atoms with Crippen molar-refractivity contribution in [3.63, 3.8) is 0 Å². The molecule has 0 radical (unpaired) electrons. The van der Waals surface area contributed by atoms with E-state index in [0.717, 1.165) is 24.4 Å². The molecule has 1 amide bonds. The number of benzene rings is 2. The van der Waals surface area contributed by atoms with Crippen molar-refractivity contribution >= 4 is 5.91 Å². The lowest BCUT2D eigenvalue weighted by molar-refractivity contribution is 0.0927. The van der Waals surface area contributed by atoms with Crippen LogP contribution in [0.5, 0.6) is 5.75 Å². The molecule has 0 saturated heterocycles. The number of amides is 1. The molecule has 1 unspecified atom stereocenters. The lowest BCUT2D eigenvalue weighted by atomic mass is 10.0. The normalized spacial score (nSPS) is 11.9. The van der Waals surface area contributed by atoms with Crippen LogP contribution in [0.1, 0.15) is 41.6 Å². The van der Waals surface area contributed by atoms with Gasteiger partial charge in [0.05, 0.1) is 13.2 Å². The van der Waals surface area contributed by atoms with E-state index in [1.807, 2.05) is 38.1 Å². The van der Waals surface area contributed by atoms with E-state index in [9.17, 15) is 14.0 Å². The van der Waals surface area contributed by atoms with Crippen molar-refractivity contribution in [2.75, 3.05) is 26.7 Å².